The van der Waals surface area contributed by atoms with Crippen molar-refractivity contribution < 1.29 is 9.13 Å². The molecule has 4 nitrogen and oxygen atoms in total. The first-order chi connectivity index (χ1) is 10.1. The highest BCUT2D eigenvalue weighted by Crippen LogP contribution is 2.29. The summed E-state index contributed by atoms with van der Waals surface area (Å²) in [5.41, 5.74) is 6.87. The third-order valence-corrected chi connectivity index (χ3v) is 4.09. The Morgan fingerprint density at radius 2 is 2.19 bits per heavy atom. The summed E-state index contributed by atoms with van der Waals surface area (Å²) in [6.07, 6.45) is 3.68. The monoisotopic (exact) mass is 309 g/mol. The van der Waals surface area contributed by atoms with Crippen LogP contribution in [0.5, 0.6) is 5.75 Å². The lowest BCUT2D eigenvalue weighted by atomic mass is 10.2. The van der Waals surface area contributed by atoms with Gasteiger partial charge in [-0.15, -0.1) is 11.3 Å². The van der Waals surface area contributed by atoms with Crippen LogP contribution in [0.2, 0.25) is 0 Å². The fourth-order valence-corrected chi connectivity index (χ4v) is 2.61. The number of nitrogens with two attached hydrogens (primary N) is 1. The Morgan fingerprint density at radius 1 is 1.38 bits per heavy atom. The molecule has 2 aromatic rings. The van der Waals surface area contributed by atoms with Crippen molar-refractivity contribution in [1.82, 2.24) is 4.98 Å². The molecule has 0 aliphatic heterocycles. The fraction of sp³-hybridized carbons (Fsp3) is 0.400. The molecule has 2 rings (SSSR count). The summed E-state index contributed by atoms with van der Waals surface area (Å²) in [7, 11) is 0. The number of rotatable bonds is 7. The van der Waals surface area contributed by atoms with Gasteiger partial charge in [-0.1, -0.05) is 13.8 Å². The van der Waals surface area contributed by atoms with Gasteiger partial charge in [0.2, 0.25) is 0 Å². The molecule has 0 bridgehead atoms. The molecule has 0 aliphatic carbocycles. The topological polar surface area (TPSA) is 60.2 Å². The highest BCUT2D eigenvalue weighted by atomic mass is 32.1. The Labute approximate surface area is 128 Å². The molecular formula is C15H20FN3OS. The number of nitrogens with zero attached hydrogens (tertiary/aromatic N) is 1. The zero-order valence-corrected chi connectivity index (χ0v) is 13.1. The van der Waals surface area contributed by atoms with E-state index in [1.165, 1.54) is 10.9 Å². The average Bonchev–Trinajstić information content (AvgIpc) is 2.93. The summed E-state index contributed by atoms with van der Waals surface area (Å²) in [4.78, 5) is 5.57. The number of nitrogens with one attached hydrogen (secondary N) is 1. The second kappa shape index (κ2) is 7.26. The molecule has 21 heavy (non-hydrogen) atoms. The minimum atomic E-state index is -0.436. The van der Waals surface area contributed by atoms with Crippen LogP contribution in [0.4, 0.5) is 15.8 Å². The van der Waals surface area contributed by atoms with Crippen LogP contribution in [0.1, 0.15) is 30.2 Å². The van der Waals surface area contributed by atoms with E-state index in [9.17, 15) is 4.39 Å². The molecule has 114 valence electrons. The van der Waals surface area contributed by atoms with E-state index in [-0.39, 0.29) is 5.75 Å². The molecular weight excluding hydrogens is 289 g/mol. The lowest BCUT2D eigenvalue weighted by molar-refractivity contribution is 0.301. The van der Waals surface area contributed by atoms with Crippen molar-refractivity contribution in [3.05, 3.63) is 34.0 Å². The van der Waals surface area contributed by atoms with E-state index in [1.54, 1.807) is 17.4 Å². The Balaban J connectivity index is 2.07. The molecule has 0 fully saturated rings. The van der Waals surface area contributed by atoms with Crippen molar-refractivity contribution in [3.63, 3.8) is 0 Å². The Kier molecular flexibility index (Phi) is 5.38. The lowest BCUT2D eigenvalue weighted by Crippen LogP contribution is -2.05. The predicted octanol–water partition coefficient (Wildman–Crippen LogP) is 3.83. The standard InChI is InChI=1S/C15H20FN3OS/c1-3-5-20-14-7-13(12(17)6-11(14)16)18-9-15-19-8-10(4-2)21-15/h6-8,18H,3-5,9,17H2,1-2H3. The van der Waals surface area contributed by atoms with Gasteiger partial charge in [0.25, 0.3) is 0 Å². The van der Waals surface area contributed by atoms with Crippen molar-refractivity contribution >= 4 is 22.7 Å². The minimum absolute atomic E-state index is 0.224. The van der Waals surface area contributed by atoms with E-state index >= 15 is 0 Å². The number of halogens is 1. The SMILES string of the molecule is CCCOc1cc(NCc2ncc(CC)s2)c(N)cc1F. The van der Waals surface area contributed by atoms with Gasteiger partial charge in [0, 0.05) is 23.2 Å². The number of aryl methyl sites for hydroxylation is 1. The van der Waals surface area contributed by atoms with E-state index in [0.717, 1.165) is 17.8 Å². The highest BCUT2D eigenvalue weighted by Gasteiger charge is 2.10. The van der Waals surface area contributed by atoms with Crippen LogP contribution in [0.15, 0.2) is 18.3 Å². The quantitative estimate of drug-likeness (QED) is 0.763. The number of nitrogen functional groups attached to an aromatic ring is 1. The summed E-state index contributed by atoms with van der Waals surface area (Å²) in [5, 5.41) is 4.17. The molecule has 0 saturated heterocycles. The number of aromatic nitrogens is 1. The largest absolute Gasteiger partial charge is 0.490 e. The molecule has 0 radical (unpaired) electrons. The van der Waals surface area contributed by atoms with Gasteiger partial charge < -0.3 is 15.8 Å². The van der Waals surface area contributed by atoms with Gasteiger partial charge in [-0.2, -0.15) is 0 Å². The first kappa shape index (κ1) is 15.6. The summed E-state index contributed by atoms with van der Waals surface area (Å²) in [6, 6.07) is 2.89. The van der Waals surface area contributed by atoms with Gasteiger partial charge in [-0.3, -0.25) is 0 Å². The number of hydrogen-bond acceptors (Lipinski definition) is 5. The van der Waals surface area contributed by atoms with Crippen LogP contribution in [0.25, 0.3) is 0 Å². The van der Waals surface area contributed by atoms with Crippen LogP contribution in [0.3, 0.4) is 0 Å². The summed E-state index contributed by atoms with van der Waals surface area (Å²) >= 11 is 1.66. The van der Waals surface area contributed by atoms with E-state index in [0.29, 0.717) is 24.5 Å². The van der Waals surface area contributed by atoms with Crippen molar-refractivity contribution in [2.75, 3.05) is 17.7 Å². The molecule has 6 heteroatoms. The normalized spacial score (nSPS) is 10.6. The summed E-state index contributed by atoms with van der Waals surface area (Å²) in [6.45, 7) is 5.11. The lowest BCUT2D eigenvalue weighted by Gasteiger charge is -2.12. The molecule has 0 aliphatic rings. The van der Waals surface area contributed by atoms with Crippen LogP contribution in [-0.4, -0.2) is 11.6 Å². The van der Waals surface area contributed by atoms with Crippen molar-refractivity contribution in [1.29, 1.82) is 0 Å². The number of benzene rings is 1. The molecule has 1 aromatic carbocycles. The van der Waals surface area contributed by atoms with Crippen molar-refractivity contribution in [3.8, 4) is 5.75 Å². The molecule has 0 spiro atoms. The van der Waals surface area contributed by atoms with E-state index < -0.39 is 5.82 Å². The Morgan fingerprint density at radius 3 is 2.86 bits per heavy atom. The molecule has 1 aromatic heterocycles. The first-order valence-electron chi connectivity index (χ1n) is 7.03. The molecule has 0 atom stereocenters. The Bertz CT molecular complexity index is 601. The third-order valence-electron chi connectivity index (χ3n) is 2.95. The van der Waals surface area contributed by atoms with Crippen molar-refractivity contribution in [2.45, 2.75) is 33.2 Å². The van der Waals surface area contributed by atoms with Crippen LogP contribution < -0.4 is 15.8 Å². The molecule has 0 amide bonds. The maximum atomic E-state index is 13.7. The number of thiazole rings is 1. The number of anilines is 2. The second-order valence-electron chi connectivity index (χ2n) is 4.65. The van der Waals surface area contributed by atoms with Gasteiger partial charge in [0.05, 0.1) is 24.5 Å². The van der Waals surface area contributed by atoms with Gasteiger partial charge in [-0.05, 0) is 12.8 Å². The number of ether oxygens (including phenoxy) is 1. The summed E-state index contributed by atoms with van der Waals surface area (Å²) in [5.74, 6) is -0.212. The van der Waals surface area contributed by atoms with Gasteiger partial charge >= 0.3 is 0 Å². The van der Waals surface area contributed by atoms with Crippen LogP contribution in [0, 0.1) is 5.82 Å². The average molecular weight is 309 g/mol. The molecule has 3 N–H and O–H groups in total. The fourth-order valence-electron chi connectivity index (χ4n) is 1.81. The third kappa shape index (κ3) is 4.07. The predicted molar refractivity (Wildman–Crippen MR) is 85.4 cm³/mol. The zero-order chi connectivity index (χ0) is 15.2. The Hall–Kier alpha value is -1.82. The first-order valence-corrected chi connectivity index (χ1v) is 7.85. The highest BCUT2D eigenvalue weighted by molar-refractivity contribution is 7.11. The van der Waals surface area contributed by atoms with Gasteiger partial charge in [-0.25, -0.2) is 9.37 Å². The van der Waals surface area contributed by atoms with Gasteiger partial charge in [0.15, 0.2) is 11.6 Å². The molecule has 0 saturated carbocycles. The van der Waals surface area contributed by atoms with E-state index in [4.69, 9.17) is 10.5 Å². The zero-order valence-electron chi connectivity index (χ0n) is 12.3. The van der Waals surface area contributed by atoms with E-state index in [1.807, 2.05) is 13.1 Å². The van der Waals surface area contributed by atoms with E-state index in [2.05, 4.69) is 17.2 Å². The molecule has 0 unspecified atom stereocenters. The number of hydrogen-bond donors (Lipinski definition) is 2. The van der Waals surface area contributed by atoms with Crippen LogP contribution >= 0.6 is 11.3 Å². The van der Waals surface area contributed by atoms with Crippen molar-refractivity contribution in [2.24, 2.45) is 0 Å². The minimum Gasteiger partial charge on any atom is -0.490 e. The summed E-state index contributed by atoms with van der Waals surface area (Å²) < 4.78 is 19.1. The maximum Gasteiger partial charge on any atom is 0.167 e. The second-order valence-corrected chi connectivity index (χ2v) is 5.85. The van der Waals surface area contributed by atoms with Gasteiger partial charge in [0.1, 0.15) is 5.01 Å². The smallest absolute Gasteiger partial charge is 0.167 e. The maximum absolute atomic E-state index is 13.7. The molecule has 1 heterocycles. The van der Waals surface area contributed by atoms with Crippen LogP contribution in [-0.2, 0) is 13.0 Å².